The number of thiophene rings is 1. The van der Waals surface area contributed by atoms with Crippen LogP contribution in [-0.4, -0.2) is 19.6 Å². The molecule has 2 N–H and O–H groups in total. The van der Waals surface area contributed by atoms with Crippen molar-refractivity contribution < 1.29 is 9.53 Å². The standard InChI is InChI=1S/C15H16N2O2S/c1-16-14-12-5-4-10(9-13(12)17-15(14)18)19-7-6-11-3-2-8-20-11/h2-5,8-9,14,16H,6-7H2,1H3,(H,17,18). The summed E-state index contributed by atoms with van der Waals surface area (Å²) >= 11 is 1.74. The van der Waals surface area contributed by atoms with Gasteiger partial charge in [0.2, 0.25) is 5.91 Å². The first-order chi connectivity index (χ1) is 9.78. The molecular formula is C15H16N2O2S. The van der Waals surface area contributed by atoms with Gasteiger partial charge in [-0.25, -0.2) is 0 Å². The highest BCUT2D eigenvalue weighted by molar-refractivity contribution is 7.09. The van der Waals surface area contributed by atoms with Crippen LogP contribution in [0.25, 0.3) is 0 Å². The minimum atomic E-state index is -0.259. The lowest BCUT2D eigenvalue weighted by Crippen LogP contribution is -2.23. The Morgan fingerprint density at radius 2 is 2.30 bits per heavy atom. The van der Waals surface area contributed by atoms with Crippen molar-refractivity contribution >= 4 is 22.9 Å². The van der Waals surface area contributed by atoms with E-state index < -0.39 is 0 Å². The molecule has 0 bridgehead atoms. The number of fused-ring (bicyclic) bond motifs is 1. The molecule has 3 rings (SSSR count). The molecule has 1 aliphatic rings. The lowest BCUT2D eigenvalue weighted by Gasteiger charge is -2.09. The molecule has 5 heteroatoms. The molecule has 1 aromatic carbocycles. The molecule has 1 unspecified atom stereocenters. The molecule has 0 saturated heterocycles. The van der Waals surface area contributed by atoms with Gasteiger partial charge >= 0.3 is 0 Å². The van der Waals surface area contributed by atoms with Gasteiger partial charge in [0.1, 0.15) is 11.8 Å². The summed E-state index contributed by atoms with van der Waals surface area (Å²) in [5, 5.41) is 7.93. The minimum absolute atomic E-state index is 0.0155. The van der Waals surface area contributed by atoms with Gasteiger partial charge in [-0.05, 0) is 24.6 Å². The fraction of sp³-hybridized carbons (Fsp3) is 0.267. The van der Waals surface area contributed by atoms with Gasteiger partial charge in [-0.2, -0.15) is 0 Å². The maximum Gasteiger partial charge on any atom is 0.246 e. The second-order valence-corrected chi connectivity index (χ2v) is 5.67. The van der Waals surface area contributed by atoms with Gasteiger partial charge in [-0.15, -0.1) is 11.3 Å². The molecular weight excluding hydrogens is 272 g/mol. The summed E-state index contributed by atoms with van der Waals surface area (Å²) in [6.45, 7) is 0.642. The molecule has 2 aromatic rings. The molecule has 0 aliphatic carbocycles. The highest BCUT2D eigenvalue weighted by atomic mass is 32.1. The number of carbonyl (C=O) groups excluding carboxylic acids is 1. The van der Waals surface area contributed by atoms with E-state index in [1.807, 2.05) is 24.3 Å². The van der Waals surface area contributed by atoms with Crippen LogP contribution in [0.4, 0.5) is 5.69 Å². The third kappa shape index (κ3) is 2.55. The Kier molecular flexibility index (Phi) is 3.71. The zero-order valence-corrected chi connectivity index (χ0v) is 12.0. The highest BCUT2D eigenvalue weighted by Gasteiger charge is 2.29. The highest BCUT2D eigenvalue weighted by Crippen LogP contribution is 2.33. The largest absolute Gasteiger partial charge is 0.493 e. The lowest BCUT2D eigenvalue weighted by molar-refractivity contribution is -0.117. The van der Waals surface area contributed by atoms with E-state index in [0.29, 0.717) is 6.61 Å². The molecule has 0 spiro atoms. The van der Waals surface area contributed by atoms with Gasteiger partial charge in [-0.1, -0.05) is 12.1 Å². The minimum Gasteiger partial charge on any atom is -0.493 e. The SMILES string of the molecule is CNC1C(=O)Nc2cc(OCCc3cccs3)ccc21. The Hall–Kier alpha value is -1.85. The fourth-order valence-electron chi connectivity index (χ4n) is 2.34. The number of benzene rings is 1. The molecule has 0 saturated carbocycles. The van der Waals surface area contributed by atoms with E-state index in [0.717, 1.165) is 23.4 Å². The predicted molar refractivity (Wildman–Crippen MR) is 80.4 cm³/mol. The number of hydrogen-bond donors (Lipinski definition) is 2. The molecule has 1 atom stereocenters. The summed E-state index contributed by atoms with van der Waals surface area (Å²) in [5.41, 5.74) is 1.81. The van der Waals surface area contributed by atoms with Crippen molar-refractivity contribution in [2.24, 2.45) is 0 Å². The Balaban J connectivity index is 1.65. The Morgan fingerprint density at radius 3 is 3.05 bits per heavy atom. The third-order valence-electron chi connectivity index (χ3n) is 3.34. The molecule has 20 heavy (non-hydrogen) atoms. The second-order valence-electron chi connectivity index (χ2n) is 4.64. The van der Waals surface area contributed by atoms with Crippen molar-refractivity contribution in [3.05, 3.63) is 46.2 Å². The molecule has 104 valence electrons. The average Bonchev–Trinajstić information content (AvgIpc) is 3.05. The molecule has 1 aliphatic heterocycles. The summed E-state index contributed by atoms with van der Waals surface area (Å²) in [4.78, 5) is 13.0. The Morgan fingerprint density at radius 1 is 1.40 bits per heavy atom. The van der Waals surface area contributed by atoms with Crippen molar-refractivity contribution in [1.29, 1.82) is 0 Å². The van der Waals surface area contributed by atoms with Gasteiger partial charge < -0.3 is 15.4 Å². The first-order valence-corrected chi connectivity index (χ1v) is 7.43. The quantitative estimate of drug-likeness (QED) is 0.889. The third-order valence-corrected chi connectivity index (χ3v) is 4.28. The maximum atomic E-state index is 11.7. The van der Waals surface area contributed by atoms with E-state index in [9.17, 15) is 4.79 Å². The molecule has 2 heterocycles. The van der Waals surface area contributed by atoms with Gasteiger partial charge in [-0.3, -0.25) is 4.79 Å². The van der Waals surface area contributed by atoms with E-state index in [4.69, 9.17) is 4.74 Å². The summed E-state index contributed by atoms with van der Waals surface area (Å²) < 4.78 is 5.74. The fourth-order valence-corrected chi connectivity index (χ4v) is 3.03. The number of nitrogens with one attached hydrogen (secondary N) is 2. The van der Waals surface area contributed by atoms with Gasteiger partial charge in [0, 0.05) is 28.6 Å². The van der Waals surface area contributed by atoms with E-state index in [1.54, 1.807) is 18.4 Å². The lowest BCUT2D eigenvalue weighted by atomic mass is 10.1. The van der Waals surface area contributed by atoms with Crippen molar-refractivity contribution in [3.8, 4) is 5.75 Å². The monoisotopic (exact) mass is 288 g/mol. The van der Waals surface area contributed by atoms with Crippen LogP contribution in [0.15, 0.2) is 35.7 Å². The molecule has 0 radical (unpaired) electrons. The number of likely N-dealkylation sites (N-methyl/N-ethyl adjacent to an activating group) is 1. The average molecular weight is 288 g/mol. The van der Waals surface area contributed by atoms with Crippen molar-refractivity contribution in [2.75, 3.05) is 19.0 Å². The van der Waals surface area contributed by atoms with Crippen molar-refractivity contribution in [2.45, 2.75) is 12.5 Å². The summed E-state index contributed by atoms with van der Waals surface area (Å²) in [5.74, 6) is 0.774. The summed E-state index contributed by atoms with van der Waals surface area (Å²) in [6.07, 6.45) is 0.903. The zero-order valence-electron chi connectivity index (χ0n) is 11.2. The normalized spacial score (nSPS) is 16.9. The topological polar surface area (TPSA) is 50.4 Å². The number of anilines is 1. The Bertz CT molecular complexity index is 610. The van der Waals surface area contributed by atoms with E-state index in [2.05, 4.69) is 22.1 Å². The van der Waals surface area contributed by atoms with Gasteiger partial charge in [0.15, 0.2) is 0 Å². The van der Waals surface area contributed by atoms with Crippen LogP contribution in [-0.2, 0) is 11.2 Å². The van der Waals surface area contributed by atoms with Crippen LogP contribution in [0.5, 0.6) is 5.75 Å². The summed E-state index contributed by atoms with van der Waals surface area (Å²) in [7, 11) is 1.78. The predicted octanol–water partition coefficient (Wildman–Crippen LogP) is 2.58. The first-order valence-electron chi connectivity index (χ1n) is 6.55. The van der Waals surface area contributed by atoms with Crippen molar-refractivity contribution in [3.63, 3.8) is 0 Å². The van der Waals surface area contributed by atoms with Crippen molar-refractivity contribution in [1.82, 2.24) is 5.32 Å². The molecule has 1 aromatic heterocycles. The maximum absolute atomic E-state index is 11.7. The number of amides is 1. The first kappa shape index (κ1) is 13.1. The molecule has 1 amide bonds. The smallest absolute Gasteiger partial charge is 0.246 e. The van der Waals surface area contributed by atoms with E-state index in [-0.39, 0.29) is 11.9 Å². The molecule has 4 nitrogen and oxygen atoms in total. The van der Waals surface area contributed by atoms with Crippen LogP contribution < -0.4 is 15.4 Å². The number of hydrogen-bond acceptors (Lipinski definition) is 4. The van der Waals surface area contributed by atoms with Gasteiger partial charge in [0.25, 0.3) is 0 Å². The van der Waals surface area contributed by atoms with Crippen LogP contribution in [0.2, 0.25) is 0 Å². The van der Waals surface area contributed by atoms with E-state index >= 15 is 0 Å². The number of rotatable bonds is 5. The second kappa shape index (κ2) is 5.64. The van der Waals surface area contributed by atoms with Crippen LogP contribution in [0.1, 0.15) is 16.5 Å². The van der Waals surface area contributed by atoms with Crippen LogP contribution >= 0.6 is 11.3 Å². The molecule has 0 fully saturated rings. The van der Waals surface area contributed by atoms with Gasteiger partial charge in [0.05, 0.1) is 6.61 Å². The van der Waals surface area contributed by atoms with Crippen LogP contribution in [0, 0.1) is 0 Å². The van der Waals surface area contributed by atoms with Crippen LogP contribution in [0.3, 0.4) is 0 Å². The number of ether oxygens (including phenoxy) is 1. The zero-order chi connectivity index (χ0) is 13.9. The van der Waals surface area contributed by atoms with E-state index in [1.165, 1.54) is 4.88 Å². The Labute approximate surface area is 121 Å². The summed E-state index contributed by atoms with van der Waals surface area (Å²) in [6, 6.07) is 9.63. The number of carbonyl (C=O) groups is 1.